The molecule has 0 aliphatic heterocycles. The van der Waals surface area contributed by atoms with Gasteiger partial charge in [-0.25, -0.2) is 0 Å². The van der Waals surface area contributed by atoms with Crippen molar-refractivity contribution in [1.82, 2.24) is 15.2 Å². The molecule has 0 spiro atoms. The molecule has 0 fully saturated rings. The second-order valence-electron chi connectivity index (χ2n) is 7.38. The predicted octanol–water partition coefficient (Wildman–Crippen LogP) is 3.82. The average molecular weight is 370 g/mol. The summed E-state index contributed by atoms with van der Waals surface area (Å²) in [6.45, 7) is 8.01. The lowest BCUT2D eigenvalue weighted by Crippen LogP contribution is -2.35. The molecule has 0 saturated heterocycles. The van der Waals surface area contributed by atoms with Gasteiger partial charge >= 0.3 is 0 Å². The van der Waals surface area contributed by atoms with E-state index >= 15 is 0 Å². The van der Waals surface area contributed by atoms with Gasteiger partial charge in [-0.1, -0.05) is 43.2 Å². The number of aromatic nitrogens is 1. The molecule has 2 N–H and O–H groups in total. The molecule has 2 aromatic rings. The van der Waals surface area contributed by atoms with E-state index in [1.165, 1.54) is 5.56 Å². The first-order valence-corrected chi connectivity index (χ1v) is 9.49. The molecule has 146 valence electrons. The number of hydrogen-bond donors (Lipinski definition) is 2. The zero-order valence-electron chi connectivity index (χ0n) is 17.3. The quantitative estimate of drug-likeness (QED) is 0.695. The van der Waals surface area contributed by atoms with Crippen molar-refractivity contribution in [2.45, 2.75) is 46.6 Å². The first-order valence-electron chi connectivity index (χ1n) is 9.49. The van der Waals surface area contributed by atoms with Crippen molar-refractivity contribution in [1.29, 1.82) is 0 Å². The van der Waals surface area contributed by atoms with E-state index in [1.54, 1.807) is 6.92 Å². The zero-order chi connectivity index (χ0) is 20.1. The number of Topliss-reactive ketones (excluding diaryl/α,β-unsaturated/α-hetero) is 1. The summed E-state index contributed by atoms with van der Waals surface area (Å²) in [6, 6.07) is 8.44. The van der Waals surface area contributed by atoms with E-state index in [9.17, 15) is 9.59 Å². The van der Waals surface area contributed by atoms with Crippen LogP contribution >= 0.6 is 0 Å². The van der Waals surface area contributed by atoms with Crippen LogP contribution in [-0.4, -0.2) is 42.2 Å². The first kappa shape index (κ1) is 20.9. The van der Waals surface area contributed by atoms with E-state index in [0.29, 0.717) is 24.2 Å². The van der Waals surface area contributed by atoms with Gasteiger partial charge < -0.3 is 15.2 Å². The summed E-state index contributed by atoms with van der Waals surface area (Å²) in [6.07, 6.45) is 1.58. The van der Waals surface area contributed by atoms with Crippen molar-refractivity contribution in [3.63, 3.8) is 0 Å². The number of ketones is 1. The summed E-state index contributed by atoms with van der Waals surface area (Å²) in [5.41, 5.74) is 5.14. The van der Waals surface area contributed by atoms with Crippen LogP contribution in [0, 0.1) is 13.8 Å². The van der Waals surface area contributed by atoms with Gasteiger partial charge in [-0.15, -0.1) is 0 Å². The third kappa shape index (κ3) is 4.86. The fraction of sp³-hybridized carbons (Fsp3) is 0.455. The maximum absolute atomic E-state index is 12.9. The molecule has 5 nitrogen and oxygen atoms in total. The normalized spacial score (nSPS) is 12.3. The number of aromatic amines is 1. The number of H-pyrrole nitrogens is 1. The maximum atomic E-state index is 12.9. The van der Waals surface area contributed by atoms with Crippen molar-refractivity contribution in [3.05, 3.63) is 57.9 Å². The predicted molar refractivity (Wildman–Crippen MR) is 109 cm³/mol. The Hall–Kier alpha value is -2.40. The van der Waals surface area contributed by atoms with Crippen molar-refractivity contribution in [2.24, 2.45) is 0 Å². The Labute approximate surface area is 162 Å². The van der Waals surface area contributed by atoms with Crippen LogP contribution in [0.4, 0.5) is 0 Å². The summed E-state index contributed by atoms with van der Waals surface area (Å²) < 4.78 is 0. The summed E-state index contributed by atoms with van der Waals surface area (Å²) in [7, 11) is 4.01. The zero-order valence-corrected chi connectivity index (χ0v) is 17.3. The monoisotopic (exact) mass is 369 g/mol. The highest BCUT2D eigenvalue weighted by atomic mass is 16.2. The van der Waals surface area contributed by atoms with Gasteiger partial charge in [0.2, 0.25) is 0 Å². The van der Waals surface area contributed by atoms with Gasteiger partial charge in [0.05, 0.1) is 6.04 Å². The van der Waals surface area contributed by atoms with Crippen molar-refractivity contribution < 1.29 is 9.59 Å². The summed E-state index contributed by atoms with van der Waals surface area (Å²) in [4.78, 5) is 30.1. The number of aryl methyl sites for hydroxylation is 2. The Balaban J connectivity index is 2.22. The molecule has 2 rings (SSSR count). The van der Waals surface area contributed by atoms with Crippen molar-refractivity contribution in [2.75, 3.05) is 20.6 Å². The number of rotatable bonds is 8. The number of nitrogens with one attached hydrogen (secondary N) is 2. The van der Waals surface area contributed by atoms with Gasteiger partial charge in [-0.2, -0.15) is 0 Å². The lowest BCUT2D eigenvalue weighted by Gasteiger charge is -2.25. The number of hydrogen-bond acceptors (Lipinski definition) is 3. The molecule has 27 heavy (non-hydrogen) atoms. The van der Waals surface area contributed by atoms with Crippen LogP contribution in [0.2, 0.25) is 0 Å². The molecule has 0 aliphatic rings. The Morgan fingerprint density at radius 3 is 2.30 bits per heavy atom. The molecule has 1 unspecified atom stereocenters. The maximum Gasteiger partial charge on any atom is 0.268 e. The lowest BCUT2D eigenvalue weighted by atomic mass is 10.0. The highest BCUT2D eigenvalue weighted by molar-refractivity contribution is 6.02. The van der Waals surface area contributed by atoms with Gasteiger partial charge in [0, 0.05) is 17.8 Å². The topological polar surface area (TPSA) is 65.2 Å². The summed E-state index contributed by atoms with van der Waals surface area (Å²) in [5.74, 6) is -0.162. The van der Waals surface area contributed by atoms with Gasteiger partial charge in [0.25, 0.3) is 5.91 Å². The van der Waals surface area contributed by atoms with Crippen LogP contribution in [-0.2, 0) is 6.42 Å². The minimum atomic E-state index is -0.159. The van der Waals surface area contributed by atoms with Crippen LogP contribution in [0.5, 0.6) is 0 Å². The Kier molecular flexibility index (Phi) is 6.97. The van der Waals surface area contributed by atoms with Crippen molar-refractivity contribution in [3.8, 4) is 0 Å². The van der Waals surface area contributed by atoms with E-state index in [4.69, 9.17) is 0 Å². The molecule has 1 amide bonds. The van der Waals surface area contributed by atoms with Gasteiger partial charge in [-0.05, 0) is 52.4 Å². The smallest absolute Gasteiger partial charge is 0.268 e. The molecule has 0 radical (unpaired) electrons. The largest absolute Gasteiger partial charge is 0.354 e. The van der Waals surface area contributed by atoms with E-state index in [-0.39, 0.29) is 17.7 Å². The molecule has 5 heteroatoms. The fourth-order valence-corrected chi connectivity index (χ4v) is 3.51. The van der Waals surface area contributed by atoms with Gasteiger partial charge in [0.1, 0.15) is 5.69 Å². The second kappa shape index (κ2) is 9.00. The fourth-order valence-electron chi connectivity index (χ4n) is 3.51. The minimum Gasteiger partial charge on any atom is -0.354 e. The van der Waals surface area contributed by atoms with E-state index in [0.717, 1.165) is 23.2 Å². The van der Waals surface area contributed by atoms with Crippen LogP contribution in [0.25, 0.3) is 0 Å². The van der Waals surface area contributed by atoms with Crippen LogP contribution in [0.15, 0.2) is 24.3 Å². The standard InChI is InChI=1S/C22H31N3O2/c1-7-8-18-20(16(4)26)15(3)24-21(18)22(27)23-13-19(25(5)6)17-11-9-14(2)10-12-17/h9-12,19,24H,7-8,13H2,1-6H3,(H,23,27). The van der Waals surface area contributed by atoms with Crippen LogP contribution in [0.1, 0.15) is 69.5 Å². The molecule has 1 atom stereocenters. The number of carbonyl (C=O) groups is 2. The molecule has 0 bridgehead atoms. The molecule has 0 aliphatic carbocycles. The van der Waals surface area contributed by atoms with E-state index < -0.39 is 0 Å². The van der Waals surface area contributed by atoms with Gasteiger partial charge in [0.15, 0.2) is 5.78 Å². The summed E-state index contributed by atoms with van der Waals surface area (Å²) in [5, 5.41) is 3.05. The highest BCUT2D eigenvalue weighted by Crippen LogP contribution is 2.22. The minimum absolute atomic E-state index is 0.00271. The third-order valence-electron chi connectivity index (χ3n) is 4.91. The number of amides is 1. The highest BCUT2D eigenvalue weighted by Gasteiger charge is 2.23. The second-order valence-corrected chi connectivity index (χ2v) is 7.38. The van der Waals surface area contributed by atoms with Crippen molar-refractivity contribution >= 4 is 11.7 Å². The molecule has 1 aromatic heterocycles. The molecule has 1 heterocycles. The Morgan fingerprint density at radius 2 is 1.78 bits per heavy atom. The number of benzene rings is 1. The SMILES string of the molecule is CCCc1c(C(=O)NCC(c2ccc(C)cc2)N(C)C)[nH]c(C)c1C(C)=O. The third-order valence-corrected chi connectivity index (χ3v) is 4.91. The number of nitrogens with zero attached hydrogens (tertiary/aromatic N) is 1. The Bertz CT molecular complexity index is 804. The van der Waals surface area contributed by atoms with Crippen LogP contribution < -0.4 is 5.32 Å². The number of likely N-dealkylation sites (N-methyl/N-ethyl adjacent to an activating group) is 1. The van der Waals surface area contributed by atoms with E-state index in [1.807, 2.05) is 27.9 Å². The Morgan fingerprint density at radius 1 is 1.15 bits per heavy atom. The molecular formula is C22H31N3O2. The first-order chi connectivity index (χ1) is 12.8. The van der Waals surface area contributed by atoms with Crippen LogP contribution in [0.3, 0.4) is 0 Å². The van der Waals surface area contributed by atoms with Gasteiger partial charge in [-0.3, -0.25) is 9.59 Å². The number of carbonyl (C=O) groups excluding carboxylic acids is 2. The average Bonchev–Trinajstić information content (AvgIpc) is 2.93. The lowest BCUT2D eigenvalue weighted by molar-refractivity contribution is 0.0936. The molecular weight excluding hydrogens is 338 g/mol. The molecule has 1 aromatic carbocycles. The summed E-state index contributed by atoms with van der Waals surface area (Å²) >= 11 is 0. The van der Waals surface area contributed by atoms with E-state index in [2.05, 4.69) is 46.4 Å². The molecule has 0 saturated carbocycles.